The Labute approximate surface area is 102 Å². The molecule has 1 aliphatic rings. The number of aryl methyl sites for hydroxylation is 1. The Morgan fingerprint density at radius 1 is 1.47 bits per heavy atom. The van der Waals surface area contributed by atoms with Gasteiger partial charge in [0.15, 0.2) is 0 Å². The van der Waals surface area contributed by atoms with E-state index in [1.54, 1.807) is 0 Å². The first kappa shape index (κ1) is 12.0. The van der Waals surface area contributed by atoms with Crippen molar-refractivity contribution in [1.82, 2.24) is 0 Å². The summed E-state index contributed by atoms with van der Waals surface area (Å²) in [6, 6.07) is 5.78. The molecular weight excluding hydrogens is 214 g/mol. The molecule has 92 valence electrons. The second-order valence-corrected chi connectivity index (χ2v) is 4.93. The van der Waals surface area contributed by atoms with Crippen LogP contribution < -0.4 is 10.1 Å². The van der Waals surface area contributed by atoms with Crippen LogP contribution in [0.1, 0.15) is 32.3 Å². The molecule has 0 heterocycles. The molecule has 0 spiro atoms. The number of carbonyl (C=O) groups excluding carboxylic acids is 1. The van der Waals surface area contributed by atoms with Gasteiger partial charge in [-0.3, -0.25) is 4.79 Å². The Morgan fingerprint density at radius 2 is 2.18 bits per heavy atom. The van der Waals surface area contributed by atoms with Crippen LogP contribution in [-0.2, 0) is 4.79 Å². The summed E-state index contributed by atoms with van der Waals surface area (Å²) in [7, 11) is 0. The van der Waals surface area contributed by atoms with Crippen LogP contribution in [0.15, 0.2) is 18.2 Å². The minimum absolute atomic E-state index is 0.115. The number of ether oxygens (including phenoxy) is 1. The zero-order valence-corrected chi connectivity index (χ0v) is 10.7. The van der Waals surface area contributed by atoms with E-state index in [-0.39, 0.29) is 11.3 Å². The Bertz CT molecular complexity index is 436. The van der Waals surface area contributed by atoms with Crippen LogP contribution in [0, 0.1) is 12.3 Å². The lowest BCUT2D eigenvalue weighted by Gasteiger charge is -2.12. The molecule has 1 N–H and O–H groups in total. The first-order valence-corrected chi connectivity index (χ1v) is 6.10. The smallest absolute Gasteiger partial charge is 0.230 e. The third-order valence-electron chi connectivity index (χ3n) is 3.29. The standard InChI is InChI=1S/C14H19NO2/c1-4-17-12-9-11(6-5-10(12)2)15-13(16)14(3)7-8-14/h5-6,9H,4,7-8H2,1-3H3,(H,15,16). The minimum Gasteiger partial charge on any atom is -0.494 e. The molecule has 0 saturated heterocycles. The third kappa shape index (κ3) is 2.60. The summed E-state index contributed by atoms with van der Waals surface area (Å²) < 4.78 is 5.51. The third-order valence-corrected chi connectivity index (χ3v) is 3.29. The van der Waals surface area contributed by atoms with Crippen molar-refractivity contribution in [3.05, 3.63) is 23.8 Å². The van der Waals surface area contributed by atoms with Gasteiger partial charge in [0.1, 0.15) is 5.75 Å². The topological polar surface area (TPSA) is 38.3 Å². The monoisotopic (exact) mass is 233 g/mol. The van der Waals surface area contributed by atoms with Gasteiger partial charge in [0, 0.05) is 17.2 Å². The molecule has 0 aliphatic heterocycles. The SMILES string of the molecule is CCOc1cc(NC(=O)C2(C)CC2)ccc1C. The lowest BCUT2D eigenvalue weighted by molar-refractivity contribution is -0.120. The summed E-state index contributed by atoms with van der Waals surface area (Å²) in [6.45, 7) is 6.59. The zero-order chi connectivity index (χ0) is 12.5. The average Bonchev–Trinajstić information content (AvgIpc) is 3.03. The Kier molecular flexibility index (Phi) is 3.09. The van der Waals surface area contributed by atoms with Crippen molar-refractivity contribution in [2.45, 2.75) is 33.6 Å². The summed E-state index contributed by atoms with van der Waals surface area (Å²) >= 11 is 0. The Morgan fingerprint density at radius 3 is 2.76 bits per heavy atom. The molecule has 0 radical (unpaired) electrons. The zero-order valence-electron chi connectivity index (χ0n) is 10.7. The molecule has 3 nitrogen and oxygen atoms in total. The van der Waals surface area contributed by atoms with Crippen molar-refractivity contribution in [1.29, 1.82) is 0 Å². The van der Waals surface area contributed by atoms with Crippen molar-refractivity contribution in [3.8, 4) is 5.75 Å². The highest BCUT2D eigenvalue weighted by Crippen LogP contribution is 2.45. The van der Waals surface area contributed by atoms with E-state index in [9.17, 15) is 4.79 Å². The maximum Gasteiger partial charge on any atom is 0.230 e. The molecule has 0 bridgehead atoms. The fourth-order valence-electron chi connectivity index (χ4n) is 1.69. The van der Waals surface area contributed by atoms with Crippen LogP contribution >= 0.6 is 0 Å². The first-order chi connectivity index (χ1) is 8.05. The Hall–Kier alpha value is -1.51. The van der Waals surface area contributed by atoms with Gasteiger partial charge in [0.2, 0.25) is 5.91 Å². The van der Waals surface area contributed by atoms with Crippen molar-refractivity contribution in [2.75, 3.05) is 11.9 Å². The fourth-order valence-corrected chi connectivity index (χ4v) is 1.69. The highest BCUT2D eigenvalue weighted by atomic mass is 16.5. The lowest BCUT2D eigenvalue weighted by Crippen LogP contribution is -2.21. The Balaban J connectivity index is 2.10. The van der Waals surface area contributed by atoms with E-state index in [0.29, 0.717) is 6.61 Å². The summed E-state index contributed by atoms with van der Waals surface area (Å²) in [6.07, 6.45) is 1.98. The lowest BCUT2D eigenvalue weighted by atomic mass is 10.1. The van der Waals surface area contributed by atoms with Crippen LogP contribution in [0.2, 0.25) is 0 Å². The van der Waals surface area contributed by atoms with E-state index < -0.39 is 0 Å². The van der Waals surface area contributed by atoms with Crippen molar-refractivity contribution in [3.63, 3.8) is 0 Å². The van der Waals surface area contributed by atoms with Gasteiger partial charge in [-0.1, -0.05) is 13.0 Å². The van der Waals surface area contributed by atoms with Gasteiger partial charge in [0.25, 0.3) is 0 Å². The summed E-state index contributed by atoms with van der Waals surface area (Å²) in [5.41, 5.74) is 1.76. The summed E-state index contributed by atoms with van der Waals surface area (Å²) in [5.74, 6) is 0.954. The van der Waals surface area contributed by atoms with Crippen molar-refractivity contribution < 1.29 is 9.53 Å². The molecule has 0 atom stereocenters. The van der Waals surface area contributed by atoms with E-state index in [4.69, 9.17) is 4.74 Å². The molecule has 1 aromatic rings. The minimum atomic E-state index is -0.142. The molecule has 0 aromatic heterocycles. The number of rotatable bonds is 4. The molecule has 1 aliphatic carbocycles. The maximum absolute atomic E-state index is 11.9. The van der Waals surface area contributed by atoms with E-state index in [1.807, 2.05) is 39.0 Å². The molecule has 1 aromatic carbocycles. The number of hydrogen-bond acceptors (Lipinski definition) is 2. The van der Waals surface area contributed by atoms with Gasteiger partial charge in [0.05, 0.1) is 6.61 Å². The number of carbonyl (C=O) groups is 1. The van der Waals surface area contributed by atoms with Gasteiger partial charge < -0.3 is 10.1 Å². The van der Waals surface area contributed by atoms with Crippen molar-refractivity contribution in [2.24, 2.45) is 5.41 Å². The summed E-state index contributed by atoms with van der Waals surface area (Å²) in [4.78, 5) is 11.9. The van der Waals surface area contributed by atoms with Gasteiger partial charge in [-0.2, -0.15) is 0 Å². The van der Waals surface area contributed by atoms with Gasteiger partial charge in [-0.15, -0.1) is 0 Å². The first-order valence-electron chi connectivity index (χ1n) is 6.10. The quantitative estimate of drug-likeness (QED) is 0.867. The molecular formula is C14H19NO2. The predicted molar refractivity (Wildman–Crippen MR) is 68.3 cm³/mol. The number of hydrogen-bond donors (Lipinski definition) is 1. The molecule has 1 fully saturated rings. The summed E-state index contributed by atoms with van der Waals surface area (Å²) in [5, 5.41) is 2.95. The molecule has 3 heteroatoms. The average molecular weight is 233 g/mol. The van der Waals surface area contributed by atoms with E-state index >= 15 is 0 Å². The van der Waals surface area contributed by atoms with Crippen molar-refractivity contribution >= 4 is 11.6 Å². The molecule has 2 rings (SSSR count). The normalized spacial score (nSPS) is 16.4. The van der Waals surface area contributed by atoms with E-state index in [0.717, 1.165) is 29.8 Å². The predicted octanol–water partition coefficient (Wildman–Crippen LogP) is 3.13. The molecule has 17 heavy (non-hydrogen) atoms. The highest BCUT2D eigenvalue weighted by Gasteiger charge is 2.44. The number of anilines is 1. The van der Waals surface area contributed by atoms with E-state index in [2.05, 4.69) is 5.32 Å². The van der Waals surface area contributed by atoms with Crippen LogP contribution in [0.4, 0.5) is 5.69 Å². The fraction of sp³-hybridized carbons (Fsp3) is 0.500. The largest absolute Gasteiger partial charge is 0.494 e. The van der Waals surface area contributed by atoms with Gasteiger partial charge in [-0.25, -0.2) is 0 Å². The number of amides is 1. The highest BCUT2D eigenvalue weighted by molar-refractivity contribution is 5.97. The second-order valence-electron chi connectivity index (χ2n) is 4.93. The van der Waals surface area contributed by atoms with Crippen LogP contribution in [0.3, 0.4) is 0 Å². The molecule has 1 saturated carbocycles. The second kappa shape index (κ2) is 4.40. The maximum atomic E-state index is 11.9. The molecule has 1 amide bonds. The van der Waals surface area contributed by atoms with Crippen LogP contribution in [0.5, 0.6) is 5.75 Å². The van der Waals surface area contributed by atoms with Crippen LogP contribution in [0.25, 0.3) is 0 Å². The number of benzene rings is 1. The number of nitrogens with one attached hydrogen (secondary N) is 1. The van der Waals surface area contributed by atoms with E-state index in [1.165, 1.54) is 0 Å². The molecule has 0 unspecified atom stereocenters. The van der Waals surface area contributed by atoms with Gasteiger partial charge in [-0.05, 0) is 38.3 Å². The van der Waals surface area contributed by atoms with Gasteiger partial charge >= 0.3 is 0 Å². The van der Waals surface area contributed by atoms with Crippen LogP contribution in [-0.4, -0.2) is 12.5 Å².